The van der Waals surface area contributed by atoms with Gasteiger partial charge < -0.3 is 18.9 Å². The van der Waals surface area contributed by atoms with Gasteiger partial charge in [0.2, 0.25) is 0 Å². The summed E-state index contributed by atoms with van der Waals surface area (Å²) < 4.78 is 21.6. The van der Waals surface area contributed by atoms with Crippen molar-refractivity contribution in [3.8, 4) is 0 Å². The van der Waals surface area contributed by atoms with Crippen LogP contribution in [0.5, 0.6) is 0 Å². The van der Waals surface area contributed by atoms with Gasteiger partial charge in [0.05, 0.1) is 18.8 Å². The number of rotatable bonds is 14. The molecule has 44 heavy (non-hydrogen) atoms. The lowest BCUT2D eigenvalue weighted by atomic mass is 9.98. The summed E-state index contributed by atoms with van der Waals surface area (Å²) >= 11 is 0. The molecule has 0 aliphatic rings. The summed E-state index contributed by atoms with van der Waals surface area (Å²) in [5, 5.41) is 3.32. The van der Waals surface area contributed by atoms with Gasteiger partial charge in [0.1, 0.15) is 17.2 Å². The van der Waals surface area contributed by atoms with Crippen molar-refractivity contribution in [1.82, 2.24) is 5.32 Å². The molecule has 9 heteroatoms. The third-order valence-electron chi connectivity index (χ3n) is 6.06. The van der Waals surface area contributed by atoms with Crippen molar-refractivity contribution in [3.63, 3.8) is 0 Å². The second kappa shape index (κ2) is 16.8. The van der Waals surface area contributed by atoms with E-state index in [2.05, 4.69) is 5.32 Å². The molecule has 0 saturated carbocycles. The zero-order valence-corrected chi connectivity index (χ0v) is 27.3. The highest BCUT2D eigenvalue weighted by Crippen LogP contribution is 2.22. The van der Waals surface area contributed by atoms with Crippen LogP contribution in [0.15, 0.2) is 54.1 Å². The van der Waals surface area contributed by atoms with Crippen LogP contribution >= 0.6 is 0 Å². The van der Waals surface area contributed by atoms with Crippen LogP contribution in [0, 0.1) is 0 Å². The lowest BCUT2D eigenvalue weighted by molar-refractivity contribution is -0.157. The monoisotopic (exact) mass is 609 g/mol. The number of hydrogen-bond acceptors (Lipinski definition) is 9. The highest BCUT2D eigenvalue weighted by Gasteiger charge is 2.26. The standard InChI is InChI=1S/C35H47NO8/c1-9-41-30(37)19-18-25(31(38)42-10-2)21-28-22-26(32(39)43-34(3,4)5)16-17-27(28)23-36-29(33(40)44-35(6,7)8)20-24-14-12-11-13-15-24/h11-17,21-22,29,36H,9-10,18-20,23H2,1-8H3/b25-21+. The molecule has 0 bridgehead atoms. The summed E-state index contributed by atoms with van der Waals surface area (Å²) in [6, 6.07) is 14.0. The van der Waals surface area contributed by atoms with Gasteiger partial charge in [0.25, 0.3) is 0 Å². The molecule has 0 fully saturated rings. The number of esters is 4. The van der Waals surface area contributed by atoms with Gasteiger partial charge in [0.15, 0.2) is 0 Å². The second-order valence-corrected chi connectivity index (χ2v) is 12.3. The van der Waals surface area contributed by atoms with Crippen LogP contribution in [0.25, 0.3) is 6.08 Å². The molecule has 1 N–H and O–H groups in total. The van der Waals surface area contributed by atoms with E-state index in [9.17, 15) is 19.2 Å². The molecule has 0 aromatic heterocycles. The van der Waals surface area contributed by atoms with Gasteiger partial charge in [-0.2, -0.15) is 0 Å². The van der Waals surface area contributed by atoms with Crippen LogP contribution in [0.1, 0.15) is 95.3 Å². The van der Waals surface area contributed by atoms with Gasteiger partial charge in [-0.15, -0.1) is 0 Å². The zero-order chi connectivity index (χ0) is 32.9. The Balaban J connectivity index is 2.52. The normalized spacial score (nSPS) is 12.7. The summed E-state index contributed by atoms with van der Waals surface area (Å²) in [7, 11) is 0. The van der Waals surface area contributed by atoms with Gasteiger partial charge in [-0.05, 0) is 103 Å². The number of hydrogen-bond donors (Lipinski definition) is 1. The van der Waals surface area contributed by atoms with E-state index in [1.165, 1.54) is 0 Å². The highest BCUT2D eigenvalue weighted by atomic mass is 16.6. The SMILES string of the molecule is CCOC(=O)CC/C(=C\c1cc(C(=O)OC(C)(C)C)ccc1CNC(Cc1ccccc1)C(=O)OC(C)(C)C)C(=O)OCC. The molecule has 0 radical (unpaired) electrons. The maximum absolute atomic E-state index is 13.2. The molecule has 0 heterocycles. The number of ether oxygens (including phenoxy) is 4. The molecule has 9 nitrogen and oxygen atoms in total. The van der Waals surface area contributed by atoms with E-state index in [0.29, 0.717) is 17.5 Å². The first-order chi connectivity index (χ1) is 20.6. The molecular weight excluding hydrogens is 562 g/mol. The van der Waals surface area contributed by atoms with Gasteiger partial charge in [-0.3, -0.25) is 14.9 Å². The fourth-order valence-corrected chi connectivity index (χ4v) is 4.16. The van der Waals surface area contributed by atoms with E-state index < -0.39 is 41.1 Å². The minimum atomic E-state index is -0.707. The molecule has 1 unspecified atom stereocenters. The average molecular weight is 610 g/mol. The van der Waals surface area contributed by atoms with Crippen LogP contribution in [0.2, 0.25) is 0 Å². The third-order valence-corrected chi connectivity index (χ3v) is 6.06. The number of carbonyl (C=O) groups excluding carboxylic acids is 4. The first-order valence-electron chi connectivity index (χ1n) is 15.0. The molecular formula is C35H47NO8. The smallest absolute Gasteiger partial charge is 0.338 e. The van der Waals surface area contributed by atoms with Crippen LogP contribution in [0.4, 0.5) is 0 Å². The summed E-state index contributed by atoms with van der Waals surface area (Å²) in [5.74, 6) is -1.93. The third kappa shape index (κ3) is 13.1. The fourth-order valence-electron chi connectivity index (χ4n) is 4.16. The molecule has 0 spiro atoms. The van der Waals surface area contributed by atoms with Crippen LogP contribution in [0.3, 0.4) is 0 Å². The Morgan fingerprint density at radius 3 is 2.05 bits per heavy atom. The van der Waals surface area contributed by atoms with Gasteiger partial charge in [-0.1, -0.05) is 36.4 Å². The van der Waals surface area contributed by atoms with Crippen molar-refractivity contribution >= 4 is 30.0 Å². The molecule has 0 aliphatic heterocycles. The maximum Gasteiger partial charge on any atom is 0.338 e. The van der Waals surface area contributed by atoms with Crippen molar-refractivity contribution in [3.05, 3.63) is 76.4 Å². The Morgan fingerprint density at radius 1 is 0.818 bits per heavy atom. The minimum absolute atomic E-state index is 0.0182. The number of nitrogens with one attached hydrogen (secondary N) is 1. The lowest BCUT2D eigenvalue weighted by Crippen LogP contribution is -2.42. The van der Waals surface area contributed by atoms with Gasteiger partial charge in [-0.25, -0.2) is 9.59 Å². The van der Waals surface area contributed by atoms with E-state index in [1.54, 1.807) is 58.9 Å². The lowest BCUT2D eigenvalue weighted by Gasteiger charge is -2.25. The van der Waals surface area contributed by atoms with Crippen molar-refractivity contribution < 1.29 is 38.1 Å². The molecule has 0 amide bonds. The quantitative estimate of drug-likeness (QED) is 0.157. The molecule has 2 aromatic rings. The summed E-state index contributed by atoms with van der Waals surface area (Å²) in [4.78, 5) is 51.2. The molecule has 2 rings (SSSR count). The Labute approximate surface area is 261 Å². The fraction of sp³-hybridized carbons (Fsp3) is 0.486. The van der Waals surface area contributed by atoms with E-state index in [0.717, 1.165) is 5.56 Å². The predicted molar refractivity (Wildman–Crippen MR) is 169 cm³/mol. The van der Waals surface area contributed by atoms with Crippen molar-refractivity contribution in [1.29, 1.82) is 0 Å². The minimum Gasteiger partial charge on any atom is -0.466 e. The first kappa shape index (κ1) is 36.2. The van der Waals surface area contributed by atoms with Crippen LogP contribution in [-0.2, 0) is 46.3 Å². The predicted octanol–water partition coefficient (Wildman–Crippen LogP) is 5.97. The second-order valence-electron chi connectivity index (χ2n) is 12.3. The molecule has 240 valence electrons. The largest absolute Gasteiger partial charge is 0.466 e. The van der Waals surface area contributed by atoms with Gasteiger partial charge in [0, 0.05) is 18.5 Å². The van der Waals surface area contributed by atoms with Crippen molar-refractivity contribution in [2.75, 3.05) is 13.2 Å². The van der Waals surface area contributed by atoms with Crippen molar-refractivity contribution in [2.24, 2.45) is 0 Å². The van der Waals surface area contributed by atoms with E-state index in [4.69, 9.17) is 18.9 Å². The number of benzene rings is 2. The number of carbonyl (C=O) groups is 4. The Morgan fingerprint density at radius 2 is 1.45 bits per heavy atom. The first-order valence-corrected chi connectivity index (χ1v) is 15.0. The Hall–Kier alpha value is -3.98. The summed E-state index contributed by atoms with van der Waals surface area (Å²) in [5.41, 5.74) is 1.35. The Bertz CT molecular complexity index is 1300. The van der Waals surface area contributed by atoms with Crippen LogP contribution < -0.4 is 5.32 Å². The van der Waals surface area contributed by atoms with Gasteiger partial charge >= 0.3 is 23.9 Å². The summed E-state index contributed by atoms with van der Waals surface area (Å²) in [6.45, 7) is 14.8. The Kier molecular flexibility index (Phi) is 13.8. The maximum atomic E-state index is 13.2. The topological polar surface area (TPSA) is 117 Å². The van der Waals surface area contributed by atoms with Crippen molar-refractivity contribution in [2.45, 2.75) is 98.4 Å². The average Bonchev–Trinajstić information content (AvgIpc) is 2.92. The molecule has 1 atom stereocenters. The highest BCUT2D eigenvalue weighted by molar-refractivity contribution is 5.96. The molecule has 0 saturated heterocycles. The molecule has 0 aliphatic carbocycles. The summed E-state index contributed by atoms with van der Waals surface area (Å²) in [6.07, 6.45) is 2.07. The molecule has 2 aromatic carbocycles. The van der Waals surface area contributed by atoms with E-state index in [-0.39, 0.29) is 43.7 Å². The van der Waals surface area contributed by atoms with E-state index in [1.807, 2.05) is 51.1 Å². The van der Waals surface area contributed by atoms with Crippen LogP contribution in [-0.4, -0.2) is 54.3 Å². The zero-order valence-electron chi connectivity index (χ0n) is 27.3. The van der Waals surface area contributed by atoms with E-state index >= 15 is 0 Å².